The zero-order valence-corrected chi connectivity index (χ0v) is 24.7. The van der Waals surface area contributed by atoms with Gasteiger partial charge in [0.05, 0.1) is 28.6 Å². The third-order valence-corrected chi connectivity index (χ3v) is 10.4. The maximum absolute atomic E-state index is 16.5. The number of anilines is 1. The molecule has 0 saturated carbocycles. The number of rotatable bonds is 7. The van der Waals surface area contributed by atoms with Crippen LogP contribution >= 0.6 is 0 Å². The highest BCUT2D eigenvalue weighted by Crippen LogP contribution is 2.40. The zero-order valence-electron chi connectivity index (χ0n) is 24.7. The Bertz CT molecular complexity index is 1760. The number of halogens is 2. The van der Waals surface area contributed by atoms with Gasteiger partial charge in [-0.1, -0.05) is 36.4 Å². The Balaban J connectivity index is 1.19. The maximum atomic E-state index is 16.5. The van der Waals surface area contributed by atoms with E-state index >= 15 is 4.39 Å². The van der Waals surface area contributed by atoms with E-state index in [1.807, 2.05) is 30.3 Å². The fourth-order valence-electron chi connectivity index (χ4n) is 8.23. The lowest BCUT2D eigenvalue weighted by Crippen LogP contribution is -2.68. The third-order valence-electron chi connectivity index (χ3n) is 10.4. The number of piperidine rings is 1. The van der Waals surface area contributed by atoms with Crippen molar-refractivity contribution in [3.63, 3.8) is 0 Å². The number of β-lactam (4-membered cyclic amide) rings is 1. The normalized spacial score (nSPS) is 22.9. The molecule has 6 heterocycles. The van der Waals surface area contributed by atoms with Crippen LogP contribution in [0, 0.1) is 5.82 Å². The zero-order chi connectivity index (χ0) is 29.9. The third kappa shape index (κ3) is 4.57. The Morgan fingerprint density at radius 3 is 2.48 bits per heavy atom. The van der Waals surface area contributed by atoms with Crippen molar-refractivity contribution in [2.45, 2.75) is 69.1 Å². The number of pyridine rings is 1. The lowest BCUT2D eigenvalue weighted by molar-refractivity contribution is -0.133. The van der Waals surface area contributed by atoms with Crippen molar-refractivity contribution in [3.05, 3.63) is 65.2 Å². The van der Waals surface area contributed by atoms with E-state index in [2.05, 4.69) is 25.1 Å². The van der Waals surface area contributed by atoms with Crippen molar-refractivity contribution in [2.24, 2.45) is 0 Å². The van der Waals surface area contributed by atoms with Gasteiger partial charge in [-0.2, -0.15) is 9.97 Å². The molecule has 8 rings (SSSR count). The molecule has 4 saturated heterocycles. The predicted octanol–water partition coefficient (Wildman–Crippen LogP) is 5.24. The minimum absolute atomic E-state index is 0.00564. The van der Waals surface area contributed by atoms with Gasteiger partial charge in [0.2, 0.25) is 5.91 Å². The van der Waals surface area contributed by atoms with Crippen LogP contribution in [0.2, 0.25) is 0 Å². The molecule has 0 bridgehead atoms. The molecule has 4 fully saturated rings. The number of nitrogens with one attached hydrogen (secondary N) is 1. The highest BCUT2D eigenvalue weighted by molar-refractivity contribution is 5.92. The van der Waals surface area contributed by atoms with Crippen molar-refractivity contribution in [2.75, 3.05) is 37.7 Å². The molecule has 1 spiro atoms. The van der Waals surface area contributed by atoms with Gasteiger partial charge in [-0.3, -0.25) is 14.7 Å². The molecule has 1 N–H and O–H groups in total. The maximum Gasteiger partial charge on any atom is 0.319 e. The first-order valence-corrected chi connectivity index (χ1v) is 15.8. The molecule has 0 radical (unpaired) electrons. The summed E-state index contributed by atoms with van der Waals surface area (Å²) in [5.41, 5.74) is 1.52. The largest absolute Gasteiger partial charge is 0.461 e. The highest BCUT2D eigenvalue weighted by Gasteiger charge is 2.47. The Morgan fingerprint density at radius 2 is 1.73 bits per heavy atom. The molecule has 4 aromatic rings. The van der Waals surface area contributed by atoms with E-state index in [1.165, 1.54) is 0 Å². The van der Waals surface area contributed by atoms with Gasteiger partial charge < -0.3 is 15.0 Å². The molecule has 44 heavy (non-hydrogen) atoms. The number of aromatic nitrogens is 3. The van der Waals surface area contributed by atoms with Gasteiger partial charge >= 0.3 is 6.01 Å². The SMILES string of the molecule is O=C1CC2(CCCN(c3nc(OCC45CCCN4CCC5)nc4c(F)c(Cc5cccc6cccc(CF)c56)ncc34)C2)N1. The van der Waals surface area contributed by atoms with E-state index in [1.54, 1.807) is 12.3 Å². The fourth-order valence-corrected chi connectivity index (χ4v) is 8.23. The number of benzene rings is 2. The minimum atomic E-state index is -0.601. The van der Waals surface area contributed by atoms with Crippen LogP contribution in [0.3, 0.4) is 0 Å². The molecule has 10 heteroatoms. The molecule has 4 aliphatic heterocycles. The molecule has 8 nitrogen and oxygen atoms in total. The van der Waals surface area contributed by atoms with E-state index < -0.39 is 12.5 Å². The van der Waals surface area contributed by atoms with Gasteiger partial charge in [-0.25, -0.2) is 8.78 Å². The molecule has 2 aromatic carbocycles. The molecular weight excluding hydrogens is 562 g/mol. The number of fused-ring (bicyclic) bond motifs is 3. The van der Waals surface area contributed by atoms with Crippen molar-refractivity contribution < 1.29 is 18.3 Å². The molecule has 4 aliphatic rings. The van der Waals surface area contributed by atoms with Gasteiger partial charge in [-0.05, 0) is 73.5 Å². The fraction of sp³-hybridized carbons (Fsp3) is 0.471. The molecule has 0 aliphatic carbocycles. The predicted molar refractivity (Wildman–Crippen MR) is 164 cm³/mol. The molecule has 228 valence electrons. The summed E-state index contributed by atoms with van der Waals surface area (Å²) in [4.78, 5) is 30.6. The summed E-state index contributed by atoms with van der Waals surface area (Å²) in [6.07, 6.45) is 8.58. The molecule has 1 amide bonds. The van der Waals surface area contributed by atoms with Gasteiger partial charge in [0.25, 0.3) is 0 Å². The second-order valence-corrected chi connectivity index (χ2v) is 13.1. The van der Waals surface area contributed by atoms with Gasteiger partial charge in [0, 0.05) is 25.7 Å². The van der Waals surface area contributed by atoms with E-state index in [-0.39, 0.29) is 40.6 Å². The number of alkyl halides is 1. The molecule has 2 aromatic heterocycles. The monoisotopic (exact) mass is 598 g/mol. The summed E-state index contributed by atoms with van der Waals surface area (Å²) in [6.45, 7) is 3.35. The summed E-state index contributed by atoms with van der Waals surface area (Å²) >= 11 is 0. The smallest absolute Gasteiger partial charge is 0.319 e. The van der Waals surface area contributed by atoms with Crippen molar-refractivity contribution in [3.8, 4) is 6.01 Å². The van der Waals surface area contributed by atoms with Crippen molar-refractivity contribution >= 4 is 33.4 Å². The van der Waals surface area contributed by atoms with E-state index in [0.717, 1.165) is 74.5 Å². The number of nitrogens with zero attached hydrogens (tertiary/aromatic N) is 5. The Labute approximate surface area is 254 Å². The number of carbonyl (C=O) groups is 1. The highest BCUT2D eigenvalue weighted by atomic mass is 19.1. The Hall–Kier alpha value is -3.92. The van der Waals surface area contributed by atoms with Crippen LogP contribution in [-0.2, 0) is 17.9 Å². The number of amides is 1. The quantitative estimate of drug-likeness (QED) is 0.291. The average molecular weight is 599 g/mol. The van der Waals surface area contributed by atoms with Crippen LogP contribution < -0.4 is 15.0 Å². The van der Waals surface area contributed by atoms with Crippen LogP contribution in [0.15, 0.2) is 42.6 Å². The van der Waals surface area contributed by atoms with E-state index in [9.17, 15) is 9.18 Å². The first-order chi connectivity index (χ1) is 21.5. The number of hydrogen-bond acceptors (Lipinski definition) is 7. The standard InChI is InChI=1S/C34H36F2N6O2/c35-18-24-9-2-7-22-6-1-8-23(28(22)24)16-26-29(36)30-25(19-37-26)31(41-13-3-10-33(20-41)17-27(43)40-33)39-32(38-30)44-21-34-11-4-14-42(34)15-5-12-34/h1-2,6-9,19H,3-5,10-18,20-21H2,(H,40,43). The van der Waals surface area contributed by atoms with Crippen LogP contribution in [0.1, 0.15) is 61.8 Å². The van der Waals surface area contributed by atoms with Gasteiger partial charge in [-0.15, -0.1) is 0 Å². The molecule has 1 atom stereocenters. The van der Waals surface area contributed by atoms with Crippen molar-refractivity contribution in [1.82, 2.24) is 25.2 Å². The van der Waals surface area contributed by atoms with Crippen molar-refractivity contribution in [1.29, 1.82) is 0 Å². The number of ether oxygens (including phenoxy) is 1. The average Bonchev–Trinajstić information content (AvgIpc) is 3.61. The number of hydrogen-bond donors (Lipinski definition) is 1. The topological polar surface area (TPSA) is 83.5 Å². The number of carbonyl (C=O) groups excluding carboxylic acids is 1. The lowest BCUT2D eigenvalue weighted by atomic mass is 9.80. The van der Waals surface area contributed by atoms with E-state index in [0.29, 0.717) is 36.3 Å². The first kappa shape index (κ1) is 27.6. The summed E-state index contributed by atoms with van der Waals surface area (Å²) in [5.74, 6) is 0.123. The lowest BCUT2D eigenvalue weighted by Gasteiger charge is -2.49. The molecule has 1 unspecified atom stereocenters. The Morgan fingerprint density at radius 1 is 0.977 bits per heavy atom. The second-order valence-electron chi connectivity index (χ2n) is 13.1. The second kappa shape index (κ2) is 10.6. The summed E-state index contributed by atoms with van der Waals surface area (Å²) in [7, 11) is 0. The molecular formula is C34H36F2N6O2. The Kier molecular flexibility index (Phi) is 6.66. The minimum Gasteiger partial charge on any atom is -0.461 e. The summed E-state index contributed by atoms with van der Waals surface area (Å²) in [5, 5.41) is 5.33. The van der Waals surface area contributed by atoms with Gasteiger partial charge in [0.1, 0.15) is 24.6 Å². The van der Waals surface area contributed by atoms with Gasteiger partial charge in [0.15, 0.2) is 5.82 Å². The van der Waals surface area contributed by atoms with E-state index in [4.69, 9.17) is 9.72 Å². The van der Waals surface area contributed by atoms with Crippen LogP contribution in [-0.4, -0.2) is 69.6 Å². The van der Waals surface area contributed by atoms with Crippen LogP contribution in [0.25, 0.3) is 21.7 Å². The van der Waals surface area contributed by atoms with Crippen LogP contribution in [0.5, 0.6) is 6.01 Å². The summed E-state index contributed by atoms with van der Waals surface area (Å²) < 4.78 is 36.8. The van der Waals surface area contributed by atoms with Crippen LogP contribution in [0.4, 0.5) is 14.6 Å². The first-order valence-electron chi connectivity index (χ1n) is 15.8. The summed E-state index contributed by atoms with van der Waals surface area (Å²) in [6, 6.07) is 11.5.